The smallest absolute Gasteiger partial charge is 0.273 e. The van der Waals surface area contributed by atoms with Gasteiger partial charge in [-0.15, -0.1) is 0 Å². The molecule has 1 aliphatic heterocycles. The Morgan fingerprint density at radius 1 is 1.38 bits per heavy atom. The topological polar surface area (TPSA) is 82.8 Å². The second-order valence-corrected chi connectivity index (χ2v) is 6.87. The van der Waals surface area contributed by atoms with Crippen LogP contribution in [0.5, 0.6) is 11.5 Å². The molecule has 140 valence electrons. The molecule has 0 bridgehead atoms. The molecule has 1 aromatic heterocycles. The Labute approximate surface area is 152 Å². The van der Waals surface area contributed by atoms with Crippen molar-refractivity contribution in [2.24, 2.45) is 0 Å². The van der Waals surface area contributed by atoms with Crippen molar-refractivity contribution in [2.45, 2.75) is 44.9 Å². The molecule has 1 atom stereocenters. The maximum Gasteiger partial charge on any atom is 0.273 e. The van der Waals surface area contributed by atoms with Gasteiger partial charge in [0.2, 0.25) is 5.89 Å². The monoisotopic (exact) mass is 360 g/mol. The highest BCUT2D eigenvalue weighted by Crippen LogP contribution is 2.24. The maximum absolute atomic E-state index is 12.4. The van der Waals surface area contributed by atoms with Gasteiger partial charge in [0.05, 0.1) is 12.7 Å². The van der Waals surface area contributed by atoms with Crippen molar-refractivity contribution < 1.29 is 23.4 Å². The van der Waals surface area contributed by atoms with Crippen LogP contribution in [0.2, 0.25) is 0 Å². The van der Waals surface area contributed by atoms with Crippen LogP contribution in [0.4, 0.5) is 0 Å². The van der Waals surface area contributed by atoms with Crippen molar-refractivity contribution in [3.63, 3.8) is 0 Å². The van der Waals surface area contributed by atoms with Gasteiger partial charge in [-0.2, -0.15) is 0 Å². The molecule has 1 aromatic carbocycles. The van der Waals surface area contributed by atoms with Crippen LogP contribution in [-0.4, -0.2) is 36.3 Å². The Morgan fingerprint density at radius 3 is 2.96 bits per heavy atom. The Kier molecular flexibility index (Phi) is 5.46. The summed E-state index contributed by atoms with van der Waals surface area (Å²) in [5, 5.41) is 2.99. The molecule has 1 N–H and O–H groups in total. The maximum atomic E-state index is 12.4. The van der Waals surface area contributed by atoms with Gasteiger partial charge < -0.3 is 23.9 Å². The first-order valence-electron chi connectivity index (χ1n) is 8.61. The molecule has 3 rings (SSSR count). The van der Waals surface area contributed by atoms with Crippen molar-refractivity contribution in [3.8, 4) is 11.5 Å². The van der Waals surface area contributed by atoms with Crippen LogP contribution < -0.4 is 14.8 Å². The molecule has 7 nitrogen and oxygen atoms in total. The zero-order chi connectivity index (χ0) is 18.6. The molecule has 0 saturated carbocycles. The van der Waals surface area contributed by atoms with Crippen LogP contribution >= 0.6 is 0 Å². The predicted octanol–water partition coefficient (Wildman–Crippen LogP) is 2.95. The van der Waals surface area contributed by atoms with Gasteiger partial charge in [-0.3, -0.25) is 4.79 Å². The lowest BCUT2D eigenvalue weighted by Crippen LogP contribution is -2.45. The van der Waals surface area contributed by atoms with Gasteiger partial charge in [-0.1, -0.05) is 6.07 Å². The van der Waals surface area contributed by atoms with Gasteiger partial charge in [0, 0.05) is 18.7 Å². The molecule has 1 amide bonds. The number of benzene rings is 1. The van der Waals surface area contributed by atoms with E-state index >= 15 is 0 Å². The summed E-state index contributed by atoms with van der Waals surface area (Å²) < 4.78 is 21.8. The van der Waals surface area contributed by atoms with E-state index in [0.717, 1.165) is 12.8 Å². The number of amides is 1. The molecule has 2 aromatic rings. The second-order valence-electron chi connectivity index (χ2n) is 6.87. The van der Waals surface area contributed by atoms with Gasteiger partial charge >= 0.3 is 0 Å². The van der Waals surface area contributed by atoms with Gasteiger partial charge in [-0.05, 0) is 38.8 Å². The highest BCUT2D eigenvalue weighted by molar-refractivity contribution is 5.92. The van der Waals surface area contributed by atoms with Crippen LogP contribution in [-0.2, 0) is 11.3 Å². The number of ether oxygens (including phenoxy) is 3. The highest BCUT2D eigenvalue weighted by Gasteiger charge is 2.30. The van der Waals surface area contributed by atoms with Crippen LogP contribution in [0.25, 0.3) is 0 Å². The summed E-state index contributed by atoms with van der Waals surface area (Å²) in [5.74, 6) is 1.43. The van der Waals surface area contributed by atoms with Crippen molar-refractivity contribution in [2.75, 3.05) is 13.7 Å². The third kappa shape index (κ3) is 4.76. The summed E-state index contributed by atoms with van der Waals surface area (Å²) in [5.41, 5.74) is 0.0222. The number of nitrogens with one attached hydrogen (secondary N) is 1. The predicted molar refractivity (Wildman–Crippen MR) is 94.3 cm³/mol. The zero-order valence-electron chi connectivity index (χ0n) is 15.3. The minimum atomic E-state index is -0.246. The van der Waals surface area contributed by atoms with E-state index in [4.69, 9.17) is 18.6 Å². The van der Waals surface area contributed by atoms with Gasteiger partial charge in [0.1, 0.15) is 17.8 Å². The highest BCUT2D eigenvalue weighted by atomic mass is 16.5. The van der Waals surface area contributed by atoms with E-state index in [0.29, 0.717) is 24.0 Å². The van der Waals surface area contributed by atoms with Crippen molar-refractivity contribution in [3.05, 3.63) is 42.1 Å². The molecule has 1 saturated heterocycles. The summed E-state index contributed by atoms with van der Waals surface area (Å²) in [4.78, 5) is 16.6. The lowest BCUT2D eigenvalue weighted by molar-refractivity contribution is -0.0615. The van der Waals surface area contributed by atoms with Crippen LogP contribution in [0.15, 0.2) is 34.9 Å². The van der Waals surface area contributed by atoms with Crippen molar-refractivity contribution >= 4 is 5.91 Å². The molecule has 0 spiro atoms. The summed E-state index contributed by atoms with van der Waals surface area (Å²) in [6.07, 6.45) is 2.91. The van der Waals surface area contributed by atoms with Crippen LogP contribution in [0.3, 0.4) is 0 Å². The van der Waals surface area contributed by atoms with E-state index in [-0.39, 0.29) is 29.9 Å². The lowest BCUT2D eigenvalue weighted by atomic mass is 9.94. The molecule has 1 aliphatic rings. The summed E-state index contributed by atoms with van der Waals surface area (Å²) in [7, 11) is 1.59. The quantitative estimate of drug-likeness (QED) is 0.853. The van der Waals surface area contributed by atoms with Crippen LogP contribution in [0, 0.1) is 0 Å². The average molecular weight is 360 g/mol. The normalized spacial score (nSPS) is 19.0. The molecule has 0 aliphatic carbocycles. The lowest BCUT2D eigenvalue weighted by Gasteiger charge is -2.35. The Hall–Kier alpha value is -2.54. The Morgan fingerprint density at radius 2 is 2.19 bits per heavy atom. The van der Waals surface area contributed by atoms with E-state index in [1.54, 1.807) is 13.2 Å². The number of methoxy groups -OCH3 is 1. The summed E-state index contributed by atoms with van der Waals surface area (Å²) in [6.45, 7) is 4.81. The fourth-order valence-corrected chi connectivity index (χ4v) is 2.93. The number of aromatic nitrogens is 1. The molecule has 2 heterocycles. The Bertz CT molecular complexity index is 756. The number of rotatable bonds is 6. The number of oxazole rings is 1. The number of hydrogen-bond donors (Lipinski definition) is 1. The third-order valence-electron chi connectivity index (χ3n) is 4.22. The largest absolute Gasteiger partial charge is 0.497 e. The number of carbonyl (C=O) groups is 1. The number of nitrogens with zero attached hydrogens (tertiary/aromatic N) is 1. The van der Waals surface area contributed by atoms with E-state index in [9.17, 15) is 4.79 Å². The average Bonchev–Trinajstić information content (AvgIpc) is 3.08. The minimum absolute atomic E-state index is 0.0689. The molecule has 26 heavy (non-hydrogen) atoms. The van der Waals surface area contributed by atoms with E-state index in [1.165, 1.54) is 6.26 Å². The first-order chi connectivity index (χ1) is 12.4. The number of carbonyl (C=O) groups excluding carboxylic acids is 1. The minimum Gasteiger partial charge on any atom is -0.497 e. The molecular weight excluding hydrogens is 336 g/mol. The first-order valence-corrected chi connectivity index (χ1v) is 8.61. The van der Waals surface area contributed by atoms with Gasteiger partial charge in [-0.25, -0.2) is 4.98 Å². The summed E-state index contributed by atoms with van der Waals surface area (Å²) in [6, 6.07) is 7.31. The van der Waals surface area contributed by atoms with Crippen LogP contribution in [0.1, 0.15) is 43.1 Å². The standard InChI is InChI=1S/C19H24N2O5/c1-19(2)10-13(7-8-26-19)20-18(22)16-11-25-17(21-16)12-24-15-6-4-5-14(9-15)23-3/h4-6,9,11,13H,7-8,10,12H2,1-3H3,(H,20,22). The number of hydrogen-bond acceptors (Lipinski definition) is 6. The third-order valence-corrected chi connectivity index (χ3v) is 4.22. The van der Waals surface area contributed by atoms with Crippen molar-refractivity contribution in [1.82, 2.24) is 10.3 Å². The molecular formula is C19H24N2O5. The van der Waals surface area contributed by atoms with E-state index in [2.05, 4.69) is 10.3 Å². The van der Waals surface area contributed by atoms with Crippen molar-refractivity contribution in [1.29, 1.82) is 0 Å². The molecule has 0 radical (unpaired) electrons. The first kappa shape index (κ1) is 18.3. The van der Waals surface area contributed by atoms with Gasteiger partial charge in [0.15, 0.2) is 12.3 Å². The van der Waals surface area contributed by atoms with E-state index < -0.39 is 0 Å². The zero-order valence-corrected chi connectivity index (χ0v) is 15.3. The second kappa shape index (κ2) is 7.78. The molecule has 7 heteroatoms. The Balaban J connectivity index is 1.54. The summed E-state index contributed by atoms with van der Waals surface area (Å²) >= 11 is 0. The van der Waals surface area contributed by atoms with E-state index in [1.807, 2.05) is 32.0 Å². The molecule has 1 unspecified atom stereocenters. The molecule has 1 fully saturated rings. The SMILES string of the molecule is COc1cccc(OCc2nc(C(=O)NC3CCOC(C)(C)C3)co2)c1. The fourth-order valence-electron chi connectivity index (χ4n) is 2.93. The van der Waals surface area contributed by atoms with Gasteiger partial charge in [0.25, 0.3) is 5.91 Å². The fraction of sp³-hybridized carbons (Fsp3) is 0.474.